The van der Waals surface area contributed by atoms with Crippen molar-refractivity contribution in [1.29, 1.82) is 0 Å². The van der Waals surface area contributed by atoms with E-state index >= 15 is 0 Å². The molecule has 0 aliphatic carbocycles. The number of amides is 1. The molecule has 1 aromatic heterocycles. The molecule has 1 saturated heterocycles. The Kier molecular flexibility index (Phi) is 7.19. The van der Waals surface area contributed by atoms with Crippen molar-refractivity contribution < 1.29 is 14.3 Å². The summed E-state index contributed by atoms with van der Waals surface area (Å²) in [6, 6.07) is 15.5. The molecule has 1 aliphatic rings. The minimum Gasteiger partial charge on any atom is -0.496 e. The monoisotopic (exact) mass is 446 g/mol. The molecule has 1 fully saturated rings. The highest BCUT2D eigenvalue weighted by Gasteiger charge is 2.28. The van der Waals surface area contributed by atoms with E-state index in [0.717, 1.165) is 49.5 Å². The zero-order chi connectivity index (χ0) is 23.2. The Morgan fingerprint density at radius 3 is 2.55 bits per heavy atom. The number of carbonyl (C=O) groups is 1. The average molecular weight is 447 g/mol. The van der Waals surface area contributed by atoms with E-state index in [0.29, 0.717) is 22.7 Å². The van der Waals surface area contributed by atoms with Crippen LogP contribution >= 0.6 is 0 Å². The lowest BCUT2D eigenvalue weighted by Crippen LogP contribution is -2.34. The Balaban J connectivity index is 1.53. The summed E-state index contributed by atoms with van der Waals surface area (Å²) in [6.07, 6.45) is 4.90. The van der Waals surface area contributed by atoms with Crippen molar-refractivity contribution in [2.75, 3.05) is 26.1 Å². The van der Waals surface area contributed by atoms with E-state index in [9.17, 15) is 4.79 Å². The van der Waals surface area contributed by atoms with Crippen LogP contribution in [0.15, 0.2) is 54.7 Å². The van der Waals surface area contributed by atoms with E-state index in [1.54, 1.807) is 26.5 Å². The second-order valence-electron chi connectivity index (χ2n) is 8.18. The topological polar surface area (TPSA) is 76.6 Å². The smallest absolute Gasteiger partial charge is 0.259 e. The van der Waals surface area contributed by atoms with E-state index in [1.165, 1.54) is 0 Å². The molecule has 0 bridgehead atoms. The first-order chi connectivity index (χ1) is 16.1. The Hall–Kier alpha value is -3.45. The Morgan fingerprint density at radius 1 is 1.06 bits per heavy atom. The number of nitrogens with zero attached hydrogens (tertiary/aromatic N) is 3. The number of aryl methyl sites for hydroxylation is 1. The minimum absolute atomic E-state index is 0.105. The number of anilines is 1. The highest BCUT2D eigenvalue weighted by Crippen LogP contribution is 2.32. The molecule has 3 aromatic rings. The van der Waals surface area contributed by atoms with Crippen molar-refractivity contribution in [2.24, 2.45) is 0 Å². The van der Waals surface area contributed by atoms with Gasteiger partial charge >= 0.3 is 0 Å². The number of piperidine rings is 1. The molecule has 0 unspecified atom stereocenters. The van der Waals surface area contributed by atoms with Crippen LogP contribution in [0.5, 0.6) is 11.5 Å². The summed E-state index contributed by atoms with van der Waals surface area (Å²) in [5.41, 5.74) is 2.88. The van der Waals surface area contributed by atoms with Crippen molar-refractivity contribution in [3.63, 3.8) is 0 Å². The van der Waals surface area contributed by atoms with Crippen LogP contribution in [-0.4, -0.2) is 41.5 Å². The van der Waals surface area contributed by atoms with Gasteiger partial charge in [-0.3, -0.25) is 9.69 Å². The predicted molar refractivity (Wildman–Crippen MR) is 128 cm³/mol. The highest BCUT2D eigenvalue weighted by molar-refractivity contribution is 6.05. The van der Waals surface area contributed by atoms with Gasteiger partial charge in [0.25, 0.3) is 5.91 Å². The second-order valence-corrected chi connectivity index (χ2v) is 8.18. The molecule has 0 radical (unpaired) electrons. The molecule has 172 valence electrons. The van der Waals surface area contributed by atoms with E-state index in [4.69, 9.17) is 14.5 Å². The number of nitrogens with one attached hydrogen (secondary N) is 1. The quantitative estimate of drug-likeness (QED) is 0.563. The van der Waals surface area contributed by atoms with Gasteiger partial charge in [0.2, 0.25) is 0 Å². The number of hydrogen-bond acceptors (Lipinski definition) is 6. The number of ether oxygens (including phenoxy) is 2. The van der Waals surface area contributed by atoms with Crippen LogP contribution < -0.4 is 14.8 Å². The van der Waals surface area contributed by atoms with Gasteiger partial charge in [0.1, 0.15) is 17.3 Å². The summed E-state index contributed by atoms with van der Waals surface area (Å²) in [5, 5.41) is 2.90. The number of para-hydroxylation sites is 3. The molecule has 1 atom stereocenters. The first kappa shape index (κ1) is 22.7. The highest BCUT2D eigenvalue weighted by atomic mass is 16.5. The first-order valence-corrected chi connectivity index (χ1v) is 11.2. The lowest BCUT2D eigenvalue weighted by molar-refractivity contribution is 0.102. The number of benzene rings is 2. The third-order valence-corrected chi connectivity index (χ3v) is 6.08. The zero-order valence-electron chi connectivity index (χ0n) is 19.4. The molecule has 2 heterocycles. The molecule has 1 N–H and O–H groups in total. The molecule has 7 heteroatoms. The molecule has 1 aliphatic heterocycles. The first-order valence-electron chi connectivity index (χ1n) is 11.2. The van der Waals surface area contributed by atoms with E-state index < -0.39 is 0 Å². The summed E-state index contributed by atoms with van der Waals surface area (Å²) in [7, 11) is 3.28. The number of methoxy groups -OCH3 is 2. The molecular formula is C26H30N4O3. The van der Waals surface area contributed by atoms with Crippen LogP contribution in [0.3, 0.4) is 0 Å². The average Bonchev–Trinajstić information content (AvgIpc) is 2.85. The molecule has 7 nitrogen and oxygen atoms in total. The van der Waals surface area contributed by atoms with E-state index in [-0.39, 0.29) is 11.9 Å². The summed E-state index contributed by atoms with van der Waals surface area (Å²) < 4.78 is 10.9. The SMILES string of the molecule is COc1ccccc1CN1CCCC[C@H]1c1ncc(C(=O)Nc2ccccc2OC)c(C)n1. The number of hydrogen-bond donors (Lipinski definition) is 1. The van der Waals surface area contributed by atoms with E-state index in [2.05, 4.69) is 21.3 Å². The predicted octanol–water partition coefficient (Wildman–Crippen LogP) is 4.78. The summed E-state index contributed by atoms with van der Waals surface area (Å²) in [5.74, 6) is 2.01. The second kappa shape index (κ2) is 10.4. The van der Waals surface area contributed by atoms with Gasteiger partial charge in [-0.25, -0.2) is 9.97 Å². The third-order valence-electron chi connectivity index (χ3n) is 6.08. The van der Waals surface area contributed by atoms with Crippen LogP contribution in [0.2, 0.25) is 0 Å². The van der Waals surface area contributed by atoms with Crippen LogP contribution in [-0.2, 0) is 6.54 Å². The standard InChI is InChI=1S/C26H30N4O3/c1-18-20(26(31)29-21-11-5-7-14-24(21)33-3)16-27-25(28-18)22-12-8-9-15-30(22)17-19-10-4-6-13-23(19)32-2/h4-7,10-11,13-14,16,22H,8-9,12,15,17H2,1-3H3,(H,29,31)/t22-/m0/s1. The summed E-state index contributed by atoms with van der Waals surface area (Å²) >= 11 is 0. The molecule has 4 rings (SSSR count). The van der Waals surface area contributed by atoms with Crippen molar-refractivity contribution in [2.45, 2.75) is 38.8 Å². The number of aromatic nitrogens is 2. The lowest BCUT2D eigenvalue weighted by Gasteiger charge is -2.35. The maximum absolute atomic E-state index is 12.9. The molecule has 1 amide bonds. The minimum atomic E-state index is -0.252. The summed E-state index contributed by atoms with van der Waals surface area (Å²) in [4.78, 5) is 24.7. The van der Waals surface area contributed by atoms with Crippen LogP contribution in [0.1, 0.15) is 52.7 Å². The molecule has 2 aromatic carbocycles. The molecular weight excluding hydrogens is 416 g/mol. The van der Waals surface area contributed by atoms with Gasteiger partial charge in [-0.1, -0.05) is 36.8 Å². The fraction of sp³-hybridized carbons (Fsp3) is 0.346. The number of carbonyl (C=O) groups excluding carboxylic acids is 1. The van der Waals surface area contributed by atoms with Crippen LogP contribution in [0.25, 0.3) is 0 Å². The fourth-order valence-corrected chi connectivity index (χ4v) is 4.33. The van der Waals surface area contributed by atoms with Gasteiger partial charge in [0.15, 0.2) is 0 Å². The Morgan fingerprint density at radius 2 is 1.79 bits per heavy atom. The number of likely N-dealkylation sites (tertiary alicyclic amines) is 1. The Labute approximate surface area is 194 Å². The molecule has 33 heavy (non-hydrogen) atoms. The third kappa shape index (κ3) is 5.14. The maximum atomic E-state index is 12.9. The summed E-state index contributed by atoms with van der Waals surface area (Å²) in [6.45, 7) is 3.60. The lowest BCUT2D eigenvalue weighted by atomic mass is 10.00. The van der Waals surface area contributed by atoms with Gasteiger partial charge in [0, 0.05) is 18.3 Å². The van der Waals surface area contributed by atoms with Crippen molar-refractivity contribution in [3.05, 3.63) is 77.4 Å². The van der Waals surface area contributed by atoms with Gasteiger partial charge < -0.3 is 14.8 Å². The van der Waals surface area contributed by atoms with Crippen LogP contribution in [0.4, 0.5) is 5.69 Å². The Bertz CT molecular complexity index is 1120. The zero-order valence-corrected chi connectivity index (χ0v) is 19.4. The van der Waals surface area contributed by atoms with Gasteiger partial charge in [-0.05, 0) is 44.5 Å². The number of rotatable bonds is 7. The fourth-order valence-electron chi connectivity index (χ4n) is 4.33. The molecule has 0 saturated carbocycles. The van der Waals surface area contributed by atoms with Crippen LogP contribution in [0, 0.1) is 6.92 Å². The van der Waals surface area contributed by atoms with Crippen molar-refractivity contribution in [3.8, 4) is 11.5 Å². The van der Waals surface area contributed by atoms with Crippen molar-refractivity contribution in [1.82, 2.24) is 14.9 Å². The van der Waals surface area contributed by atoms with Crippen molar-refractivity contribution >= 4 is 11.6 Å². The largest absolute Gasteiger partial charge is 0.496 e. The molecule has 0 spiro atoms. The normalized spacial score (nSPS) is 16.3. The van der Waals surface area contributed by atoms with Gasteiger partial charge in [-0.15, -0.1) is 0 Å². The van der Waals surface area contributed by atoms with Gasteiger partial charge in [0.05, 0.1) is 37.2 Å². The van der Waals surface area contributed by atoms with Gasteiger partial charge in [-0.2, -0.15) is 0 Å². The van der Waals surface area contributed by atoms with E-state index in [1.807, 2.05) is 43.3 Å². The maximum Gasteiger partial charge on any atom is 0.259 e.